The van der Waals surface area contributed by atoms with Crippen molar-refractivity contribution in [2.75, 3.05) is 6.61 Å². The van der Waals surface area contributed by atoms with Gasteiger partial charge in [-0.1, -0.05) is 11.1 Å². The molecule has 0 saturated carbocycles. The maximum atomic E-state index is 12.7. The number of hydrogen-bond donors (Lipinski definition) is 0. The zero-order valence-electron chi connectivity index (χ0n) is 14.0. The molecule has 5 heteroatoms. The van der Waals surface area contributed by atoms with Crippen LogP contribution in [-0.4, -0.2) is 36.9 Å². The highest BCUT2D eigenvalue weighted by molar-refractivity contribution is 5.86. The van der Waals surface area contributed by atoms with Crippen LogP contribution in [0.15, 0.2) is 11.1 Å². The van der Waals surface area contributed by atoms with Crippen molar-refractivity contribution in [2.45, 2.75) is 66.0 Å². The third kappa shape index (κ3) is 3.76. The lowest BCUT2D eigenvalue weighted by atomic mass is 9.70. The minimum absolute atomic E-state index is 0.0182. The van der Waals surface area contributed by atoms with Gasteiger partial charge in [0.1, 0.15) is 6.61 Å². The molecule has 22 heavy (non-hydrogen) atoms. The van der Waals surface area contributed by atoms with Crippen molar-refractivity contribution in [1.29, 1.82) is 0 Å². The lowest BCUT2D eigenvalue weighted by molar-refractivity contribution is -0.232. The highest BCUT2D eigenvalue weighted by Gasteiger charge is 2.47. The van der Waals surface area contributed by atoms with Crippen molar-refractivity contribution in [3.05, 3.63) is 11.1 Å². The van der Waals surface area contributed by atoms with Crippen molar-refractivity contribution < 1.29 is 23.8 Å². The van der Waals surface area contributed by atoms with Gasteiger partial charge in [-0.25, -0.2) is 0 Å². The van der Waals surface area contributed by atoms with Gasteiger partial charge < -0.3 is 14.2 Å². The molecule has 1 heterocycles. The average molecular weight is 310 g/mol. The molecule has 0 radical (unpaired) electrons. The summed E-state index contributed by atoms with van der Waals surface area (Å²) in [7, 11) is 0. The molecule has 0 aromatic rings. The molecule has 1 saturated heterocycles. The summed E-state index contributed by atoms with van der Waals surface area (Å²) in [5, 5.41) is 0. The molecule has 2 rings (SSSR count). The largest absolute Gasteiger partial charge is 0.463 e. The van der Waals surface area contributed by atoms with Gasteiger partial charge >= 0.3 is 5.97 Å². The Labute approximate surface area is 132 Å². The summed E-state index contributed by atoms with van der Waals surface area (Å²) in [5.74, 6) is -0.369. The molecular weight excluding hydrogens is 284 g/mol. The van der Waals surface area contributed by atoms with Gasteiger partial charge in [-0.2, -0.15) is 0 Å². The number of esters is 1. The summed E-state index contributed by atoms with van der Waals surface area (Å²) in [6.07, 6.45) is 0.309. The van der Waals surface area contributed by atoms with Crippen molar-refractivity contribution in [2.24, 2.45) is 11.8 Å². The van der Waals surface area contributed by atoms with Gasteiger partial charge in [-0.15, -0.1) is 0 Å². The number of ketones is 1. The maximum Gasteiger partial charge on any atom is 0.302 e. The molecule has 1 aliphatic carbocycles. The molecule has 124 valence electrons. The Morgan fingerprint density at radius 3 is 2.50 bits per heavy atom. The van der Waals surface area contributed by atoms with Crippen molar-refractivity contribution >= 4 is 11.8 Å². The minimum Gasteiger partial charge on any atom is -0.463 e. The second-order valence-electron chi connectivity index (χ2n) is 6.64. The number of fused-ring (bicyclic) bond motifs is 1. The Hall–Kier alpha value is -1.20. The van der Waals surface area contributed by atoms with E-state index in [4.69, 9.17) is 14.2 Å². The van der Waals surface area contributed by atoms with E-state index in [-0.39, 0.29) is 42.4 Å². The van der Waals surface area contributed by atoms with Crippen LogP contribution < -0.4 is 0 Å². The summed E-state index contributed by atoms with van der Waals surface area (Å²) < 4.78 is 16.6. The Morgan fingerprint density at radius 2 is 1.91 bits per heavy atom. The van der Waals surface area contributed by atoms with Gasteiger partial charge in [-0.3, -0.25) is 9.59 Å². The smallest absolute Gasteiger partial charge is 0.302 e. The standard InChI is InChI=1S/C17H26O5/c1-9(2)21-17-16(19)14-7-11(4)10(3)6-13(14)15(22-17)8-20-12(5)18/h9,13-15,17H,6-8H2,1-5H3/t13-,14+,15-,17+/m1/s1. The monoisotopic (exact) mass is 310 g/mol. The normalized spacial score (nSPS) is 32.2. The zero-order chi connectivity index (χ0) is 16.4. The van der Waals surface area contributed by atoms with Gasteiger partial charge in [-0.05, 0) is 40.5 Å². The van der Waals surface area contributed by atoms with Gasteiger partial charge in [0.05, 0.1) is 12.2 Å². The fraction of sp³-hybridized carbons (Fsp3) is 0.765. The van der Waals surface area contributed by atoms with Crippen LogP contribution in [0.25, 0.3) is 0 Å². The number of Topliss-reactive ketones (excluding diaryl/α,β-unsaturated/α-hetero) is 1. The van der Waals surface area contributed by atoms with Gasteiger partial charge in [0, 0.05) is 18.8 Å². The fourth-order valence-electron chi connectivity index (χ4n) is 3.24. The van der Waals surface area contributed by atoms with Crippen molar-refractivity contribution in [3.63, 3.8) is 0 Å². The van der Waals surface area contributed by atoms with E-state index in [0.717, 1.165) is 12.8 Å². The molecule has 0 unspecified atom stereocenters. The average Bonchev–Trinajstić information content (AvgIpc) is 2.42. The van der Waals surface area contributed by atoms with Crippen LogP contribution in [0.3, 0.4) is 0 Å². The highest BCUT2D eigenvalue weighted by Crippen LogP contribution is 2.41. The number of carbonyl (C=O) groups is 2. The summed E-state index contributed by atoms with van der Waals surface area (Å²) in [6, 6.07) is 0. The fourth-order valence-corrected chi connectivity index (χ4v) is 3.24. The molecule has 0 aromatic carbocycles. The summed E-state index contributed by atoms with van der Waals surface area (Å²) >= 11 is 0. The predicted molar refractivity (Wildman–Crippen MR) is 81.1 cm³/mol. The minimum atomic E-state index is -0.854. The molecule has 0 aromatic heterocycles. The lowest BCUT2D eigenvalue weighted by Crippen LogP contribution is -2.52. The van der Waals surface area contributed by atoms with Crippen LogP contribution in [0.2, 0.25) is 0 Å². The Morgan fingerprint density at radius 1 is 1.27 bits per heavy atom. The molecule has 0 bridgehead atoms. The van der Waals surface area contributed by atoms with E-state index >= 15 is 0 Å². The van der Waals surface area contributed by atoms with Gasteiger partial charge in [0.25, 0.3) is 0 Å². The topological polar surface area (TPSA) is 61.8 Å². The summed E-state index contributed by atoms with van der Waals surface area (Å²) in [6.45, 7) is 9.47. The molecule has 0 N–H and O–H groups in total. The third-order valence-electron chi connectivity index (χ3n) is 4.53. The first kappa shape index (κ1) is 17.2. The number of hydrogen-bond acceptors (Lipinski definition) is 5. The summed E-state index contributed by atoms with van der Waals surface area (Å²) in [5.41, 5.74) is 2.57. The predicted octanol–water partition coefficient (Wildman–Crippen LogP) is 2.63. The van der Waals surface area contributed by atoms with Crippen molar-refractivity contribution in [3.8, 4) is 0 Å². The molecule has 1 aliphatic heterocycles. The lowest BCUT2D eigenvalue weighted by Gasteiger charge is -2.43. The molecule has 4 atom stereocenters. The number of carbonyl (C=O) groups excluding carboxylic acids is 2. The van der Waals surface area contributed by atoms with E-state index < -0.39 is 6.29 Å². The van der Waals surface area contributed by atoms with Crippen LogP contribution in [0.1, 0.15) is 47.5 Å². The van der Waals surface area contributed by atoms with E-state index in [1.54, 1.807) is 0 Å². The van der Waals surface area contributed by atoms with Crippen LogP contribution in [0, 0.1) is 11.8 Å². The molecular formula is C17H26O5. The van der Waals surface area contributed by atoms with E-state index in [2.05, 4.69) is 13.8 Å². The number of rotatable bonds is 4. The van der Waals surface area contributed by atoms with Crippen LogP contribution in [0.4, 0.5) is 0 Å². The maximum absolute atomic E-state index is 12.7. The van der Waals surface area contributed by atoms with Gasteiger partial charge in [0.2, 0.25) is 6.29 Å². The quantitative estimate of drug-likeness (QED) is 0.590. The second-order valence-corrected chi connectivity index (χ2v) is 6.64. The zero-order valence-corrected chi connectivity index (χ0v) is 14.0. The molecule has 1 fully saturated rings. The molecule has 0 amide bonds. The Balaban J connectivity index is 2.20. The first-order valence-electron chi connectivity index (χ1n) is 7.92. The highest BCUT2D eigenvalue weighted by atomic mass is 16.7. The van der Waals surface area contributed by atoms with E-state index in [1.165, 1.54) is 18.1 Å². The second kappa shape index (κ2) is 6.92. The number of ether oxygens (including phenoxy) is 3. The molecule has 0 spiro atoms. The van der Waals surface area contributed by atoms with E-state index in [0.29, 0.717) is 0 Å². The molecule has 2 aliphatic rings. The summed E-state index contributed by atoms with van der Waals surface area (Å²) in [4.78, 5) is 23.8. The van der Waals surface area contributed by atoms with Crippen LogP contribution in [-0.2, 0) is 23.8 Å². The van der Waals surface area contributed by atoms with E-state index in [1.807, 2.05) is 13.8 Å². The van der Waals surface area contributed by atoms with Crippen molar-refractivity contribution in [1.82, 2.24) is 0 Å². The number of allylic oxidation sites excluding steroid dienone is 2. The van der Waals surface area contributed by atoms with Gasteiger partial charge in [0.15, 0.2) is 5.78 Å². The SMILES string of the molecule is CC(=O)OC[C@H]1O[C@H](OC(C)C)C(=O)[C@H]2CC(C)=C(C)C[C@H]21. The first-order chi connectivity index (χ1) is 10.3. The molecule has 5 nitrogen and oxygen atoms in total. The Bertz CT molecular complexity index is 479. The van der Waals surface area contributed by atoms with Crippen LogP contribution >= 0.6 is 0 Å². The van der Waals surface area contributed by atoms with E-state index in [9.17, 15) is 9.59 Å². The van der Waals surface area contributed by atoms with Crippen LogP contribution in [0.5, 0.6) is 0 Å². The third-order valence-corrected chi connectivity index (χ3v) is 4.53. The first-order valence-corrected chi connectivity index (χ1v) is 7.92. The Kier molecular flexibility index (Phi) is 5.40.